The highest BCUT2D eigenvalue weighted by molar-refractivity contribution is 7.98. The van der Waals surface area contributed by atoms with Crippen molar-refractivity contribution < 1.29 is 0 Å². The Morgan fingerprint density at radius 3 is 2.54 bits per heavy atom. The summed E-state index contributed by atoms with van der Waals surface area (Å²) in [6.45, 7) is 7.16. The highest BCUT2D eigenvalue weighted by Crippen LogP contribution is 2.22. The van der Waals surface area contributed by atoms with Crippen LogP contribution < -0.4 is 5.32 Å². The Kier molecular flexibility index (Phi) is 10.6. The van der Waals surface area contributed by atoms with E-state index < -0.39 is 0 Å². The van der Waals surface area contributed by atoms with Gasteiger partial charge in [0.05, 0.1) is 0 Å². The van der Waals surface area contributed by atoms with Crippen LogP contribution in [0.25, 0.3) is 0 Å². The van der Waals surface area contributed by atoms with E-state index in [4.69, 9.17) is 0 Å². The number of rotatable bonds is 12. The van der Waals surface area contributed by atoms with E-state index in [9.17, 15) is 0 Å². The zero-order chi connectivity index (χ0) is 16.9. The molecule has 0 aromatic heterocycles. The number of nitrogens with one attached hydrogen (secondary N) is 1. The van der Waals surface area contributed by atoms with E-state index in [1.807, 2.05) is 11.8 Å². The van der Waals surface area contributed by atoms with Crippen LogP contribution in [0.3, 0.4) is 0 Å². The van der Waals surface area contributed by atoms with Gasteiger partial charge in [-0.25, -0.2) is 0 Å². The van der Waals surface area contributed by atoms with Gasteiger partial charge in [0.1, 0.15) is 0 Å². The maximum Gasteiger partial charge on any atom is 0.0184 e. The van der Waals surface area contributed by atoms with E-state index in [1.165, 1.54) is 75.9 Å². The van der Waals surface area contributed by atoms with Gasteiger partial charge in [-0.2, -0.15) is 11.8 Å². The van der Waals surface area contributed by atoms with Crippen molar-refractivity contribution in [1.82, 2.24) is 10.2 Å². The lowest BCUT2D eigenvalue weighted by Crippen LogP contribution is -2.38. The van der Waals surface area contributed by atoms with Gasteiger partial charge in [-0.1, -0.05) is 56.5 Å². The first-order valence-electron chi connectivity index (χ1n) is 9.96. The smallest absolute Gasteiger partial charge is 0.0184 e. The maximum absolute atomic E-state index is 3.63. The van der Waals surface area contributed by atoms with Gasteiger partial charge in [-0.3, -0.25) is 0 Å². The molecular weight excluding hydrogens is 312 g/mol. The van der Waals surface area contributed by atoms with Crippen molar-refractivity contribution in [3.8, 4) is 0 Å². The molecule has 1 aliphatic rings. The number of thioether (sulfide) groups is 1. The molecule has 1 fully saturated rings. The van der Waals surface area contributed by atoms with E-state index in [0.717, 1.165) is 18.3 Å². The topological polar surface area (TPSA) is 15.3 Å². The third kappa shape index (κ3) is 8.04. The van der Waals surface area contributed by atoms with Gasteiger partial charge in [0.15, 0.2) is 0 Å². The van der Waals surface area contributed by atoms with Crippen molar-refractivity contribution in [3.05, 3.63) is 35.9 Å². The molecule has 136 valence electrons. The van der Waals surface area contributed by atoms with Gasteiger partial charge in [0.25, 0.3) is 0 Å². The molecule has 0 aliphatic heterocycles. The first kappa shape index (κ1) is 19.8. The summed E-state index contributed by atoms with van der Waals surface area (Å²) < 4.78 is 0. The second-order valence-corrected chi connectivity index (χ2v) is 8.02. The summed E-state index contributed by atoms with van der Waals surface area (Å²) in [5.41, 5.74) is 1.44. The third-order valence-electron chi connectivity index (χ3n) is 5.05. The normalized spacial score (nSPS) is 15.9. The highest BCUT2D eigenvalue weighted by atomic mass is 32.2. The lowest BCUT2D eigenvalue weighted by molar-refractivity contribution is 0.162. The van der Waals surface area contributed by atoms with Crippen LogP contribution >= 0.6 is 11.8 Å². The van der Waals surface area contributed by atoms with Gasteiger partial charge in [0.2, 0.25) is 0 Å². The van der Waals surface area contributed by atoms with Crippen LogP contribution in [-0.4, -0.2) is 42.9 Å². The summed E-state index contributed by atoms with van der Waals surface area (Å²) in [5.74, 6) is 2.40. The molecule has 3 heteroatoms. The van der Waals surface area contributed by atoms with Crippen LogP contribution in [0.5, 0.6) is 0 Å². The first-order chi connectivity index (χ1) is 11.9. The number of nitrogens with zero attached hydrogens (tertiary/aromatic N) is 1. The van der Waals surface area contributed by atoms with Crippen molar-refractivity contribution in [1.29, 1.82) is 0 Å². The summed E-state index contributed by atoms with van der Waals surface area (Å²) in [7, 11) is 0. The van der Waals surface area contributed by atoms with Crippen molar-refractivity contribution in [3.63, 3.8) is 0 Å². The summed E-state index contributed by atoms with van der Waals surface area (Å²) in [6, 6.07) is 11.7. The molecule has 0 atom stereocenters. The Balaban J connectivity index is 1.42. The minimum absolute atomic E-state index is 0.873. The Labute approximate surface area is 153 Å². The van der Waals surface area contributed by atoms with Gasteiger partial charge in [-0.15, -0.1) is 0 Å². The van der Waals surface area contributed by atoms with Gasteiger partial charge in [0, 0.05) is 11.8 Å². The van der Waals surface area contributed by atoms with Crippen LogP contribution in [0.4, 0.5) is 0 Å². The van der Waals surface area contributed by atoms with Crippen molar-refractivity contribution in [2.24, 2.45) is 0 Å². The fourth-order valence-corrected chi connectivity index (χ4v) is 4.56. The quantitative estimate of drug-likeness (QED) is 0.538. The Bertz CT molecular complexity index is 404. The zero-order valence-corrected chi connectivity index (χ0v) is 16.3. The molecule has 2 nitrogen and oxygen atoms in total. The number of hydrogen-bond acceptors (Lipinski definition) is 3. The molecule has 0 radical (unpaired) electrons. The first-order valence-corrected chi connectivity index (χ1v) is 11.1. The van der Waals surface area contributed by atoms with Gasteiger partial charge in [-0.05, 0) is 63.2 Å². The van der Waals surface area contributed by atoms with Crippen molar-refractivity contribution in [2.45, 2.75) is 63.7 Å². The Hall–Kier alpha value is -0.510. The average Bonchev–Trinajstić information content (AvgIpc) is 2.65. The summed E-state index contributed by atoms with van der Waals surface area (Å²) in [6.07, 6.45) is 9.77. The van der Waals surface area contributed by atoms with Gasteiger partial charge >= 0.3 is 0 Å². The predicted molar refractivity (Wildman–Crippen MR) is 109 cm³/mol. The monoisotopic (exact) mass is 348 g/mol. The highest BCUT2D eigenvalue weighted by Gasteiger charge is 2.18. The molecule has 0 unspecified atom stereocenters. The average molecular weight is 349 g/mol. The largest absolute Gasteiger partial charge is 0.317 e. The zero-order valence-electron chi connectivity index (χ0n) is 15.5. The fraction of sp³-hybridized carbons (Fsp3) is 0.714. The molecule has 1 aromatic carbocycles. The molecule has 0 bridgehead atoms. The van der Waals surface area contributed by atoms with E-state index in [0.29, 0.717) is 0 Å². The van der Waals surface area contributed by atoms with Crippen LogP contribution in [0.1, 0.15) is 57.4 Å². The van der Waals surface area contributed by atoms with E-state index in [1.54, 1.807) is 0 Å². The molecule has 1 N–H and O–H groups in total. The molecule has 0 heterocycles. The minimum Gasteiger partial charge on any atom is -0.317 e. The molecule has 0 spiro atoms. The van der Waals surface area contributed by atoms with E-state index in [2.05, 4.69) is 47.5 Å². The minimum atomic E-state index is 0.873. The standard InChI is InChI=1S/C21H36N2S/c1-2-23(21-13-7-4-8-14-21)17-9-15-22-16-10-18-24-19-20-11-5-3-6-12-20/h3,5-6,11-12,21-22H,2,4,7-10,13-19H2,1H3. The molecule has 1 saturated carbocycles. The second kappa shape index (κ2) is 12.8. The predicted octanol–water partition coefficient (Wildman–Crippen LogP) is 4.94. The molecule has 1 aromatic rings. The van der Waals surface area contributed by atoms with Crippen LogP contribution in [0.2, 0.25) is 0 Å². The molecule has 0 saturated heterocycles. The van der Waals surface area contributed by atoms with Crippen molar-refractivity contribution >= 4 is 11.8 Å². The molecule has 24 heavy (non-hydrogen) atoms. The summed E-state index contributed by atoms with van der Waals surface area (Å²) in [5, 5.41) is 3.63. The Morgan fingerprint density at radius 2 is 1.79 bits per heavy atom. The molecule has 1 aliphatic carbocycles. The SMILES string of the molecule is CCN(CCCNCCCSCc1ccccc1)C1CCCCC1. The van der Waals surface area contributed by atoms with Crippen LogP contribution in [0, 0.1) is 0 Å². The molecule has 2 rings (SSSR count). The maximum atomic E-state index is 3.63. The second-order valence-electron chi connectivity index (χ2n) is 6.92. The van der Waals surface area contributed by atoms with Gasteiger partial charge < -0.3 is 10.2 Å². The Morgan fingerprint density at radius 1 is 1.04 bits per heavy atom. The third-order valence-corrected chi connectivity index (χ3v) is 6.16. The van der Waals surface area contributed by atoms with E-state index >= 15 is 0 Å². The van der Waals surface area contributed by atoms with E-state index in [-0.39, 0.29) is 0 Å². The summed E-state index contributed by atoms with van der Waals surface area (Å²) in [4.78, 5) is 2.72. The molecule has 0 amide bonds. The number of hydrogen-bond donors (Lipinski definition) is 1. The lowest BCUT2D eigenvalue weighted by atomic mass is 9.94. The van der Waals surface area contributed by atoms with Crippen molar-refractivity contribution in [2.75, 3.05) is 31.9 Å². The molecular formula is C21H36N2S. The number of benzene rings is 1. The van der Waals surface area contributed by atoms with Crippen LogP contribution in [0.15, 0.2) is 30.3 Å². The lowest BCUT2D eigenvalue weighted by Gasteiger charge is -2.33. The van der Waals surface area contributed by atoms with Crippen LogP contribution in [-0.2, 0) is 5.75 Å². The summed E-state index contributed by atoms with van der Waals surface area (Å²) >= 11 is 2.05. The fourth-order valence-electron chi connectivity index (χ4n) is 3.64.